The molecule has 2 atom stereocenters. The number of anilines is 1. The molecule has 27 heavy (non-hydrogen) atoms. The van der Waals surface area contributed by atoms with Crippen LogP contribution < -0.4 is 4.90 Å². The summed E-state index contributed by atoms with van der Waals surface area (Å²) in [4.78, 5) is 38.8. The Morgan fingerprint density at radius 1 is 1.11 bits per heavy atom. The van der Waals surface area contributed by atoms with E-state index in [2.05, 4.69) is 15.9 Å². The summed E-state index contributed by atoms with van der Waals surface area (Å²) in [6.07, 6.45) is -0.808. The highest BCUT2D eigenvalue weighted by Gasteiger charge is 2.37. The number of hydrogen-bond acceptors (Lipinski definition) is 4. The third-order valence-corrected chi connectivity index (χ3v) is 5.12. The van der Waals surface area contributed by atoms with Crippen molar-refractivity contribution in [3.8, 4) is 0 Å². The Morgan fingerprint density at radius 3 is 2.37 bits per heavy atom. The average molecular weight is 430 g/mol. The number of nitrogens with zero attached hydrogens (tertiary/aromatic N) is 1. The van der Waals surface area contributed by atoms with Gasteiger partial charge in [-0.3, -0.25) is 14.4 Å². The van der Waals surface area contributed by atoms with E-state index in [4.69, 9.17) is 4.74 Å². The van der Waals surface area contributed by atoms with Gasteiger partial charge in [0.15, 0.2) is 6.10 Å². The SMILES string of the molecule is Cc1ccc(C(=O)[C@H](C)OC(=O)[C@@H]2CC(=O)N(c3ccc(Br)cc3)C2)cc1. The molecule has 0 bridgehead atoms. The van der Waals surface area contributed by atoms with E-state index in [1.807, 2.05) is 43.3 Å². The Morgan fingerprint density at radius 2 is 1.74 bits per heavy atom. The molecule has 0 radical (unpaired) electrons. The van der Waals surface area contributed by atoms with Gasteiger partial charge in [0.25, 0.3) is 0 Å². The Bertz CT molecular complexity index is 861. The minimum Gasteiger partial charge on any atom is -0.454 e. The molecule has 0 aliphatic carbocycles. The Balaban J connectivity index is 1.62. The lowest BCUT2D eigenvalue weighted by Crippen LogP contribution is -2.30. The van der Waals surface area contributed by atoms with E-state index in [0.717, 1.165) is 15.7 Å². The lowest BCUT2D eigenvalue weighted by molar-refractivity contribution is -0.151. The van der Waals surface area contributed by atoms with Crippen LogP contribution in [0, 0.1) is 12.8 Å². The fourth-order valence-corrected chi connectivity index (χ4v) is 3.28. The van der Waals surface area contributed by atoms with Crippen LogP contribution >= 0.6 is 15.9 Å². The molecule has 1 saturated heterocycles. The van der Waals surface area contributed by atoms with Crippen LogP contribution in [0.3, 0.4) is 0 Å². The molecule has 0 unspecified atom stereocenters. The van der Waals surface area contributed by atoms with Crippen molar-refractivity contribution >= 4 is 39.3 Å². The number of ketones is 1. The van der Waals surface area contributed by atoms with Crippen molar-refractivity contribution in [3.05, 3.63) is 64.1 Å². The van der Waals surface area contributed by atoms with Crippen LogP contribution in [0.15, 0.2) is 53.0 Å². The van der Waals surface area contributed by atoms with E-state index in [1.165, 1.54) is 0 Å². The molecule has 0 N–H and O–H groups in total. The number of carbonyl (C=O) groups excluding carboxylic acids is 3. The van der Waals surface area contributed by atoms with Crippen LogP contribution in [0.2, 0.25) is 0 Å². The Hall–Kier alpha value is -2.47. The van der Waals surface area contributed by atoms with Crippen molar-refractivity contribution in [3.63, 3.8) is 0 Å². The molecule has 5 nitrogen and oxygen atoms in total. The Labute approximate surface area is 166 Å². The number of carbonyl (C=O) groups is 3. The van der Waals surface area contributed by atoms with Crippen LogP contribution in [-0.4, -0.2) is 30.3 Å². The number of esters is 1. The molecule has 0 saturated carbocycles. The molecule has 1 aliphatic rings. The van der Waals surface area contributed by atoms with Crippen LogP contribution in [-0.2, 0) is 14.3 Å². The lowest BCUT2D eigenvalue weighted by atomic mass is 10.1. The van der Waals surface area contributed by atoms with Crippen molar-refractivity contribution in [2.75, 3.05) is 11.4 Å². The van der Waals surface area contributed by atoms with E-state index in [0.29, 0.717) is 5.56 Å². The van der Waals surface area contributed by atoms with Gasteiger partial charge in [0.05, 0.1) is 5.92 Å². The number of Topliss-reactive ketones (excluding diaryl/α,β-unsaturated/α-hetero) is 1. The van der Waals surface area contributed by atoms with Gasteiger partial charge in [-0.1, -0.05) is 45.8 Å². The molecule has 2 aromatic carbocycles. The predicted octanol–water partition coefficient (Wildman–Crippen LogP) is 3.93. The summed E-state index contributed by atoms with van der Waals surface area (Å²) in [5.41, 5.74) is 2.29. The second-order valence-corrected chi connectivity index (χ2v) is 7.61. The predicted molar refractivity (Wildman–Crippen MR) is 106 cm³/mol. The molecule has 1 amide bonds. The number of hydrogen-bond donors (Lipinski definition) is 0. The topological polar surface area (TPSA) is 63.7 Å². The maximum Gasteiger partial charge on any atom is 0.312 e. The molecule has 2 aromatic rings. The quantitative estimate of drug-likeness (QED) is 0.533. The third kappa shape index (κ3) is 4.45. The minimum atomic E-state index is -0.892. The van der Waals surface area contributed by atoms with Gasteiger partial charge in [0.1, 0.15) is 0 Å². The van der Waals surface area contributed by atoms with Crippen LogP contribution in [0.25, 0.3) is 0 Å². The highest BCUT2D eigenvalue weighted by atomic mass is 79.9. The van der Waals surface area contributed by atoms with Crippen molar-refractivity contribution in [2.45, 2.75) is 26.4 Å². The third-order valence-electron chi connectivity index (χ3n) is 4.59. The van der Waals surface area contributed by atoms with E-state index < -0.39 is 18.0 Å². The highest BCUT2D eigenvalue weighted by molar-refractivity contribution is 9.10. The van der Waals surface area contributed by atoms with Gasteiger partial charge in [-0.2, -0.15) is 0 Å². The lowest BCUT2D eigenvalue weighted by Gasteiger charge is -2.18. The van der Waals surface area contributed by atoms with Crippen molar-refractivity contribution in [2.24, 2.45) is 5.92 Å². The van der Waals surface area contributed by atoms with Gasteiger partial charge in [-0.25, -0.2) is 0 Å². The average Bonchev–Trinajstić information content (AvgIpc) is 3.04. The summed E-state index contributed by atoms with van der Waals surface area (Å²) in [6.45, 7) is 3.75. The monoisotopic (exact) mass is 429 g/mol. The summed E-state index contributed by atoms with van der Waals surface area (Å²) in [6, 6.07) is 14.4. The maximum atomic E-state index is 12.5. The van der Waals surface area contributed by atoms with Crippen LogP contribution in [0.5, 0.6) is 0 Å². The van der Waals surface area contributed by atoms with E-state index in [-0.39, 0.29) is 24.7 Å². The molecular weight excluding hydrogens is 410 g/mol. The van der Waals surface area contributed by atoms with E-state index >= 15 is 0 Å². The second kappa shape index (κ2) is 8.05. The summed E-state index contributed by atoms with van der Waals surface area (Å²) < 4.78 is 6.27. The zero-order chi connectivity index (χ0) is 19.6. The van der Waals surface area contributed by atoms with Crippen LogP contribution in [0.4, 0.5) is 5.69 Å². The van der Waals surface area contributed by atoms with Gasteiger partial charge in [0, 0.05) is 28.7 Å². The maximum absolute atomic E-state index is 12.5. The molecule has 3 rings (SSSR count). The van der Waals surface area contributed by atoms with E-state index in [9.17, 15) is 14.4 Å². The van der Waals surface area contributed by atoms with Gasteiger partial charge in [-0.05, 0) is 38.1 Å². The standard InChI is InChI=1S/C21H20BrNO4/c1-13-3-5-15(6-4-13)20(25)14(2)27-21(26)16-11-19(24)23(12-16)18-9-7-17(22)8-10-18/h3-10,14,16H,11-12H2,1-2H3/t14-,16+/m0/s1. The summed E-state index contributed by atoms with van der Waals surface area (Å²) >= 11 is 3.36. The van der Waals surface area contributed by atoms with Crippen molar-refractivity contribution in [1.82, 2.24) is 0 Å². The number of benzene rings is 2. The first-order valence-electron chi connectivity index (χ1n) is 8.72. The molecule has 0 spiro atoms. The fourth-order valence-electron chi connectivity index (χ4n) is 3.01. The molecular formula is C21H20BrNO4. The smallest absolute Gasteiger partial charge is 0.312 e. The number of amides is 1. The first-order valence-corrected chi connectivity index (χ1v) is 9.52. The van der Waals surface area contributed by atoms with Gasteiger partial charge < -0.3 is 9.64 Å². The van der Waals surface area contributed by atoms with Crippen LogP contribution in [0.1, 0.15) is 29.3 Å². The molecule has 1 heterocycles. The first-order chi connectivity index (χ1) is 12.8. The molecule has 0 aromatic heterocycles. The van der Waals surface area contributed by atoms with Gasteiger partial charge in [-0.15, -0.1) is 0 Å². The largest absolute Gasteiger partial charge is 0.454 e. The zero-order valence-electron chi connectivity index (χ0n) is 15.1. The molecule has 6 heteroatoms. The number of ether oxygens (including phenoxy) is 1. The normalized spacial score (nSPS) is 17.7. The summed E-state index contributed by atoms with van der Waals surface area (Å²) in [5, 5.41) is 0. The van der Waals surface area contributed by atoms with Gasteiger partial charge in [0.2, 0.25) is 11.7 Å². The highest BCUT2D eigenvalue weighted by Crippen LogP contribution is 2.27. The number of rotatable bonds is 5. The summed E-state index contributed by atoms with van der Waals surface area (Å²) in [7, 11) is 0. The number of halogens is 1. The summed E-state index contributed by atoms with van der Waals surface area (Å²) in [5.74, 6) is -1.47. The number of aryl methyl sites for hydroxylation is 1. The fraction of sp³-hybridized carbons (Fsp3) is 0.286. The van der Waals surface area contributed by atoms with Gasteiger partial charge >= 0.3 is 5.97 Å². The Kier molecular flexibility index (Phi) is 5.75. The molecule has 1 aliphatic heterocycles. The van der Waals surface area contributed by atoms with Crippen molar-refractivity contribution < 1.29 is 19.1 Å². The van der Waals surface area contributed by atoms with Crippen molar-refractivity contribution in [1.29, 1.82) is 0 Å². The zero-order valence-corrected chi connectivity index (χ0v) is 16.7. The second-order valence-electron chi connectivity index (χ2n) is 6.69. The minimum absolute atomic E-state index is 0.0837. The molecule has 140 valence electrons. The first kappa shape index (κ1) is 19.3. The molecule has 1 fully saturated rings. The van der Waals surface area contributed by atoms with E-state index in [1.54, 1.807) is 24.0 Å².